The van der Waals surface area contributed by atoms with Crippen LogP contribution in [0.3, 0.4) is 0 Å². The van der Waals surface area contributed by atoms with Gasteiger partial charge in [0.05, 0.1) is 25.3 Å². The van der Waals surface area contributed by atoms with Crippen molar-refractivity contribution in [3.05, 3.63) is 57.3 Å². The van der Waals surface area contributed by atoms with Gasteiger partial charge in [-0.15, -0.1) is 0 Å². The smallest absolute Gasteiger partial charge is 0.254 e. The standard InChI is InChI=1S/C24H32N4O3/c1-16(2)27-12-10-19-20(15-27)25-23(26-24(19)30)21-9-4-5-11-28(21)22(29)14-17-7-6-8-18(13-17)31-3/h6-8,13,16,21H,4-5,9-12,14-15H2,1-3H3,(H,25,26,30). The molecule has 0 spiro atoms. The number of nitrogens with one attached hydrogen (secondary N) is 1. The van der Waals surface area contributed by atoms with E-state index in [1.165, 1.54) is 0 Å². The van der Waals surface area contributed by atoms with Gasteiger partial charge in [0, 0.05) is 31.2 Å². The van der Waals surface area contributed by atoms with E-state index in [0.717, 1.165) is 54.8 Å². The third-order valence-corrected chi connectivity index (χ3v) is 6.48. The number of carbonyl (C=O) groups is 1. The molecule has 0 radical (unpaired) electrons. The Labute approximate surface area is 183 Å². The van der Waals surface area contributed by atoms with Gasteiger partial charge in [-0.25, -0.2) is 4.98 Å². The third-order valence-electron chi connectivity index (χ3n) is 6.48. The minimum absolute atomic E-state index is 0.0471. The van der Waals surface area contributed by atoms with E-state index < -0.39 is 0 Å². The number of aromatic nitrogens is 2. The Kier molecular flexibility index (Phi) is 6.41. The number of aromatic amines is 1. The second-order valence-electron chi connectivity index (χ2n) is 8.82. The zero-order valence-corrected chi connectivity index (χ0v) is 18.7. The summed E-state index contributed by atoms with van der Waals surface area (Å²) in [6.45, 7) is 6.59. The van der Waals surface area contributed by atoms with Gasteiger partial charge in [-0.3, -0.25) is 14.5 Å². The summed E-state index contributed by atoms with van der Waals surface area (Å²) in [6.07, 6.45) is 3.84. The van der Waals surface area contributed by atoms with Gasteiger partial charge in [0.15, 0.2) is 0 Å². The van der Waals surface area contributed by atoms with Crippen molar-refractivity contribution in [3.63, 3.8) is 0 Å². The summed E-state index contributed by atoms with van der Waals surface area (Å²) in [7, 11) is 1.63. The molecule has 4 rings (SSSR count). The Morgan fingerprint density at radius 3 is 2.90 bits per heavy atom. The molecule has 0 saturated carbocycles. The highest BCUT2D eigenvalue weighted by atomic mass is 16.5. The monoisotopic (exact) mass is 424 g/mol. The van der Waals surface area contributed by atoms with Crippen molar-refractivity contribution in [2.45, 2.75) is 64.6 Å². The van der Waals surface area contributed by atoms with Crippen LogP contribution in [0, 0.1) is 0 Å². The van der Waals surface area contributed by atoms with Crippen molar-refractivity contribution in [1.29, 1.82) is 0 Å². The normalized spacial score (nSPS) is 19.4. The molecule has 7 heteroatoms. The average molecular weight is 425 g/mol. The maximum atomic E-state index is 13.2. The summed E-state index contributed by atoms with van der Waals surface area (Å²) in [5.41, 5.74) is 2.54. The molecule has 1 aromatic carbocycles. The van der Waals surface area contributed by atoms with Crippen LogP contribution in [-0.4, -0.2) is 51.9 Å². The number of methoxy groups -OCH3 is 1. The number of nitrogens with zero attached hydrogens (tertiary/aromatic N) is 3. The summed E-state index contributed by atoms with van der Waals surface area (Å²) in [6, 6.07) is 7.85. The van der Waals surface area contributed by atoms with Crippen molar-refractivity contribution in [2.75, 3.05) is 20.2 Å². The van der Waals surface area contributed by atoms with Crippen molar-refractivity contribution < 1.29 is 9.53 Å². The van der Waals surface area contributed by atoms with Gasteiger partial charge < -0.3 is 14.6 Å². The largest absolute Gasteiger partial charge is 0.497 e. The molecule has 1 amide bonds. The maximum absolute atomic E-state index is 13.2. The molecule has 2 aliphatic heterocycles. The van der Waals surface area contributed by atoms with Gasteiger partial charge in [0.2, 0.25) is 5.91 Å². The van der Waals surface area contributed by atoms with E-state index in [-0.39, 0.29) is 17.5 Å². The van der Waals surface area contributed by atoms with Crippen LogP contribution in [0.25, 0.3) is 0 Å². The van der Waals surface area contributed by atoms with Crippen molar-refractivity contribution in [3.8, 4) is 5.75 Å². The molecule has 1 N–H and O–H groups in total. The van der Waals surface area contributed by atoms with Crippen LogP contribution < -0.4 is 10.3 Å². The van der Waals surface area contributed by atoms with Crippen molar-refractivity contribution in [2.24, 2.45) is 0 Å². The zero-order valence-electron chi connectivity index (χ0n) is 18.7. The lowest BCUT2D eigenvalue weighted by atomic mass is 9.99. The third kappa shape index (κ3) is 4.66. The molecule has 1 aromatic heterocycles. The number of rotatable bonds is 5. The molecule has 31 heavy (non-hydrogen) atoms. The molecular formula is C24H32N4O3. The molecule has 1 saturated heterocycles. The van der Waals surface area contributed by atoms with E-state index in [1.807, 2.05) is 29.2 Å². The van der Waals surface area contributed by atoms with Crippen molar-refractivity contribution in [1.82, 2.24) is 19.8 Å². The number of H-pyrrole nitrogens is 1. The number of amides is 1. The zero-order chi connectivity index (χ0) is 22.0. The molecule has 2 aliphatic rings. The number of likely N-dealkylation sites (tertiary alicyclic amines) is 1. The topological polar surface area (TPSA) is 78.5 Å². The Hall–Kier alpha value is -2.67. The summed E-state index contributed by atoms with van der Waals surface area (Å²) in [5, 5.41) is 0. The molecular weight excluding hydrogens is 392 g/mol. The minimum atomic E-state index is -0.181. The first-order valence-electron chi connectivity index (χ1n) is 11.2. The molecule has 7 nitrogen and oxygen atoms in total. The lowest BCUT2D eigenvalue weighted by molar-refractivity contribution is -0.134. The van der Waals surface area contributed by atoms with E-state index in [9.17, 15) is 9.59 Å². The Morgan fingerprint density at radius 2 is 2.13 bits per heavy atom. The highest BCUT2D eigenvalue weighted by Gasteiger charge is 2.31. The van der Waals surface area contributed by atoms with Gasteiger partial charge in [0.25, 0.3) is 5.56 Å². The number of fused-ring (bicyclic) bond motifs is 1. The first kappa shape index (κ1) is 21.6. The van der Waals surface area contributed by atoms with Crippen LogP contribution in [-0.2, 0) is 24.2 Å². The predicted octanol–water partition coefficient (Wildman–Crippen LogP) is 2.84. The van der Waals surface area contributed by atoms with E-state index in [0.29, 0.717) is 31.4 Å². The van der Waals surface area contributed by atoms with Gasteiger partial charge in [-0.1, -0.05) is 12.1 Å². The highest BCUT2D eigenvalue weighted by Crippen LogP contribution is 2.30. The second kappa shape index (κ2) is 9.22. The first-order chi connectivity index (χ1) is 15.0. The lowest BCUT2D eigenvalue weighted by Crippen LogP contribution is -2.43. The van der Waals surface area contributed by atoms with Crippen LogP contribution in [0.2, 0.25) is 0 Å². The van der Waals surface area contributed by atoms with Crippen LogP contribution >= 0.6 is 0 Å². The fourth-order valence-corrected chi connectivity index (χ4v) is 4.65. The summed E-state index contributed by atoms with van der Waals surface area (Å²) < 4.78 is 5.29. The van der Waals surface area contributed by atoms with Crippen LogP contribution in [0.15, 0.2) is 29.1 Å². The quantitative estimate of drug-likeness (QED) is 0.799. The molecule has 1 fully saturated rings. The lowest BCUT2D eigenvalue weighted by Gasteiger charge is -2.36. The minimum Gasteiger partial charge on any atom is -0.497 e. The van der Waals surface area contributed by atoms with Gasteiger partial charge in [-0.05, 0) is 57.2 Å². The molecule has 0 bridgehead atoms. The van der Waals surface area contributed by atoms with Crippen molar-refractivity contribution >= 4 is 5.91 Å². The summed E-state index contributed by atoms with van der Waals surface area (Å²) >= 11 is 0. The molecule has 3 heterocycles. The summed E-state index contributed by atoms with van der Waals surface area (Å²) in [4.78, 5) is 38.2. The first-order valence-corrected chi connectivity index (χ1v) is 11.2. The molecule has 2 aromatic rings. The predicted molar refractivity (Wildman–Crippen MR) is 119 cm³/mol. The van der Waals surface area contributed by atoms with Crippen LogP contribution in [0.1, 0.15) is 61.8 Å². The van der Waals surface area contributed by atoms with E-state index in [1.54, 1.807) is 7.11 Å². The van der Waals surface area contributed by atoms with Crippen LogP contribution in [0.5, 0.6) is 5.75 Å². The number of benzene rings is 1. The number of hydrogen-bond donors (Lipinski definition) is 1. The van der Waals surface area contributed by atoms with E-state index in [2.05, 4.69) is 23.7 Å². The fraction of sp³-hybridized carbons (Fsp3) is 0.542. The highest BCUT2D eigenvalue weighted by molar-refractivity contribution is 5.79. The number of carbonyl (C=O) groups excluding carboxylic acids is 1. The SMILES string of the molecule is COc1cccc(CC(=O)N2CCCCC2c2nc3c(c(=O)[nH]2)CCN(C(C)C)C3)c1. The van der Waals surface area contributed by atoms with Gasteiger partial charge in [0.1, 0.15) is 11.6 Å². The average Bonchev–Trinajstić information content (AvgIpc) is 2.78. The fourth-order valence-electron chi connectivity index (χ4n) is 4.65. The Bertz CT molecular complexity index is 1000. The number of hydrogen-bond acceptors (Lipinski definition) is 5. The Balaban J connectivity index is 1.58. The van der Waals surface area contributed by atoms with E-state index in [4.69, 9.17) is 9.72 Å². The molecule has 1 atom stereocenters. The molecule has 0 aliphatic carbocycles. The van der Waals surface area contributed by atoms with Crippen LogP contribution in [0.4, 0.5) is 0 Å². The second-order valence-corrected chi connectivity index (χ2v) is 8.82. The number of piperidine rings is 1. The van der Waals surface area contributed by atoms with E-state index >= 15 is 0 Å². The van der Waals surface area contributed by atoms with Gasteiger partial charge in [-0.2, -0.15) is 0 Å². The molecule has 1 unspecified atom stereocenters. The maximum Gasteiger partial charge on any atom is 0.254 e. The number of ether oxygens (including phenoxy) is 1. The molecule has 166 valence electrons. The van der Waals surface area contributed by atoms with Gasteiger partial charge >= 0.3 is 0 Å². The Morgan fingerprint density at radius 1 is 1.29 bits per heavy atom. The summed E-state index contributed by atoms with van der Waals surface area (Å²) in [5.74, 6) is 1.44.